The van der Waals surface area contributed by atoms with Crippen LogP contribution in [0.3, 0.4) is 0 Å². The molecule has 0 spiro atoms. The summed E-state index contributed by atoms with van der Waals surface area (Å²) in [4.78, 5) is 0.269. The third-order valence-electron chi connectivity index (χ3n) is 6.45. The van der Waals surface area contributed by atoms with Crippen molar-refractivity contribution in [1.82, 2.24) is 19.5 Å². The van der Waals surface area contributed by atoms with Gasteiger partial charge in [-0.15, -0.1) is 10.2 Å². The first kappa shape index (κ1) is 21.8. The van der Waals surface area contributed by atoms with Crippen molar-refractivity contribution in [2.75, 3.05) is 0 Å². The maximum absolute atomic E-state index is 13.4. The van der Waals surface area contributed by atoms with Gasteiger partial charge in [0.05, 0.1) is 0 Å². The Labute approximate surface area is 183 Å². The van der Waals surface area contributed by atoms with Crippen molar-refractivity contribution in [3.05, 3.63) is 52.5 Å². The van der Waals surface area contributed by atoms with E-state index in [0.717, 1.165) is 24.8 Å². The SMILES string of the molecule is CCc1ccc([C@@H](C)NS(=O)(=O)c2c(C)c(-c3nnc(C4CCC4)o3)n(C)c2C)cc1. The predicted molar refractivity (Wildman–Crippen MR) is 119 cm³/mol. The Morgan fingerprint density at radius 2 is 1.87 bits per heavy atom. The topological polar surface area (TPSA) is 90.0 Å². The zero-order chi connectivity index (χ0) is 22.3. The zero-order valence-electron chi connectivity index (χ0n) is 18.8. The minimum Gasteiger partial charge on any atom is -0.419 e. The summed E-state index contributed by atoms with van der Waals surface area (Å²) in [5.41, 5.74) is 4.05. The van der Waals surface area contributed by atoms with E-state index in [0.29, 0.717) is 34.7 Å². The Hall–Kier alpha value is -2.45. The number of rotatable bonds is 7. The van der Waals surface area contributed by atoms with Gasteiger partial charge in [0.1, 0.15) is 10.6 Å². The van der Waals surface area contributed by atoms with E-state index in [1.807, 2.05) is 42.8 Å². The van der Waals surface area contributed by atoms with E-state index in [2.05, 4.69) is 21.8 Å². The molecule has 1 N–H and O–H groups in total. The molecule has 0 saturated heterocycles. The smallest absolute Gasteiger partial charge is 0.264 e. The van der Waals surface area contributed by atoms with Crippen LogP contribution in [0.5, 0.6) is 0 Å². The largest absolute Gasteiger partial charge is 0.419 e. The van der Waals surface area contributed by atoms with Gasteiger partial charge in [0, 0.05) is 30.3 Å². The highest BCUT2D eigenvalue weighted by Crippen LogP contribution is 2.38. The number of sulfonamides is 1. The molecule has 1 saturated carbocycles. The van der Waals surface area contributed by atoms with E-state index >= 15 is 0 Å². The number of benzene rings is 1. The summed E-state index contributed by atoms with van der Waals surface area (Å²) in [6.45, 7) is 7.55. The molecule has 4 rings (SSSR count). The number of nitrogens with zero attached hydrogens (tertiary/aromatic N) is 3. The Balaban J connectivity index is 1.65. The van der Waals surface area contributed by atoms with Crippen molar-refractivity contribution in [2.45, 2.75) is 70.2 Å². The molecule has 0 amide bonds. The molecule has 0 bridgehead atoms. The van der Waals surface area contributed by atoms with Crippen molar-refractivity contribution in [3.63, 3.8) is 0 Å². The molecule has 1 aliphatic carbocycles. The van der Waals surface area contributed by atoms with Gasteiger partial charge in [-0.3, -0.25) is 0 Å². The van der Waals surface area contributed by atoms with Crippen molar-refractivity contribution in [2.24, 2.45) is 7.05 Å². The molecule has 8 heteroatoms. The van der Waals surface area contributed by atoms with Gasteiger partial charge in [-0.1, -0.05) is 37.6 Å². The summed E-state index contributed by atoms with van der Waals surface area (Å²) in [6.07, 6.45) is 4.25. The minimum atomic E-state index is -3.76. The van der Waals surface area contributed by atoms with E-state index in [1.54, 1.807) is 13.8 Å². The normalized spacial score (nSPS) is 15.8. The molecular weight excluding hydrogens is 412 g/mol. The van der Waals surface area contributed by atoms with Gasteiger partial charge < -0.3 is 8.98 Å². The molecule has 3 aromatic rings. The fraction of sp³-hybridized carbons (Fsp3) is 0.478. The Bertz CT molecular complexity index is 1190. The van der Waals surface area contributed by atoms with Gasteiger partial charge in [-0.05, 0) is 51.2 Å². The third kappa shape index (κ3) is 3.94. The van der Waals surface area contributed by atoms with Crippen LogP contribution in [-0.4, -0.2) is 23.2 Å². The van der Waals surface area contributed by atoms with Gasteiger partial charge in [0.15, 0.2) is 0 Å². The molecule has 7 nitrogen and oxygen atoms in total. The molecule has 1 aliphatic rings. The average Bonchev–Trinajstić information content (AvgIpc) is 3.23. The highest BCUT2D eigenvalue weighted by atomic mass is 32.2. The lowest BCUT2D eigenvalue weighted by atomic mass is 9.85. The molecule has 31 heavy (non-hydrogen) atoms. The minimum absolute atomic E-state index is 0.269. The molecular formula is C23H30N4O3S. The molecule has 1 aromatic carbocycles. The molecule has 0 unspecified atom stereocenters. The number of hydrogen-bond donors (Lipinski definition) is 1. The van der Waals surface area contributed by atoms with Gasteiger partial charge >= 0.3 is 0 Å². The Morgan fingerprint density at radius 1 is 1.19 bits per heavy atom. The second kappa shape index (κ2) is 8.24. The van der Waals surface area contributed by atoms with E-state index in [9.17, 15) is 8.42 Å². The molecule has 1 fully saturated rings. The first-order chi connectivity index (χ1) is 14.7. The Morgan fingerprint density at radius 3 is 2.45 bits per heavy atom. The second-order valence-electron chi connectivity index (χ2n) is 8.46. The maximum atomic E-state index is 13.4. The van der Waals surface area contributed by atoms with Crippen LogP contribution in [-0.2, 0) is 23.5 Å². The fourth-order valence-corrected chi connectivity index (χ4v) is 5.95. The summed E-state index contributed by atoms with van der Waals surface area (Å²) >= 11 is 0. The number of aryl methyl sites for hydroxylation is 1. The van der Waals surface area contributed by atoms with Gasteiger partial charge in [-0.25, -0.2) is 13.1 Å². The molecule has 2 aromatic heterocycles. The first-order valence-electron chi connectivity index (χ1n) is 10.8. The van der Waals surface area contributed by atoms with E-state index in [-0.39, 0.29) is 10.9 Å². The van der Waals surface area contributed by atoms with Crippen LogP contribution in [0, 0.1) is 13.8 Å². The Kier molecular flexibility index (Phi) is 5.79. The van der Waals surface area contributed by atoms with Crippen LogP contribution in [0.15, 0.2) is 33.6 Å². The summed E-state index contributed by atoms with van der Waals surface area (Å²) in [5, 5.41) is 8.42. The molecule has 0 aliphatic heterocycles. The summed E-state index contributed by atoms with van der Waals surface area (Å²) < 4.78 is 37.3. The summed E-state index contributed by atoms with van der Waals surface area (Å²) in [5.74, 6) is 1.34. The van der Waals surface area contributed by atoms with Gasteiger partial charge in [0.2, 0.25) is 15.9 Å². The standard InChI is InChI=1S/C23H30N4O3S/c1-6-17-10-12-18(13-11-17)15(3)26-31(28,29)21-14(2)20(27(5)16(21)4)23-25-24-22(30-23)19-8-7-9-19/h10-13,15,19,26H,6-9H2,1-5H3/t15-/m1/s1. The van der Waals surface area contributed by atoms with Crippen molar-refractivity contribution < 1.29 is 12.8 Å². The second-order valence-corrected chi connectivity index (χ2v) is 10.1. The monoisotopic (exact) mass is 442 g/mol. The van der Waals surface area contributed by atoms with Gasteiger partial charge in [0.25, 0.3) is 5.89 Å². The van der Waals surface area contributed by atoms with Crippen LogP contribution < -0.4 is 4.72 Å². The zero-order valence-corrected chi connectivity index (χ0v) is 19.6. The van der Waals surface area contributed by atoms with Crippen LogP contribution in [0.25, 0.3) is 11.6 Å². The van der Waals surface area contributed by atoms with Gasteiger partial charge in [-0.2, -0.15) is 0 Å². The van der Waals surface area contributed by atoms with E-state index < -0.39 is 10.0 Å². The van der Waals surface area contributed by atoms with Crippen molar-refractivity contribution >= 4 is 10.0 Å². The lowest BCUT2D eigenvalue weighted by Gasteiger charge is -2.20. The van der Waals surface area contributed by atoms with E-state index in [4.69, 9.17) is 4.42 Å². The molecule has 166 valence electrons. The fourth-order valence-electron chi connectivity index (χ4n) is 4.20. The van der Waals surface area contributed by atoms with Crippen molar-refractivity contribution in [1.29, 1.82) is 0 Å². The number of hydrogen-bond acceptors (Lipinski definition) is 5. The first-order valence-corrected chi connectivity index (χ1v) is 12.3. The lowest BCUT2D eigenvalue weighted by Crippen LogP contribution is -2.27. The summed E-state index contributed by atoms with van der Waals surface area (Å²) in [6, 6.07) is 7.66. The highest BCUT2D eigenvalue weighted by molar-refractivity contribution is 7.89. The lowest BCUT2D eigenvalue weighted by molar-refractivity contribution is 0.337. The van der Waals surface area contributed by atoms with Crippen LogP contribution in [0.1, 0.15) is 73.3 Å². The van der Waals surface area contributed by atoms with Crippen LogP contribution in [0.4, 0.5) is 0 Å². The van der Waals surface area contributed by atoms with Crippen LogP contribution >= 0.6 is 0 Å². The predicted octanol–water partition coefficient (Wildman–Crippen LogP) is 4.56. The molecule has 1 atom stereocenters. The molecule has 2 heterocycles. The molecule has 0 radical (unpaired) electrons. The van der Waals surface area contributed by atoms with Crippen LogP contribution in [0.2, 0.25) is 0 Å². The maximum Gasteiger partial charge on any atom is 0.264 e. The van der Waals surface area contributed by atoms with Crippen molar-refractivity contribution in [3.8, 4) is 11.6 Å². The quantitative estimate of drug-likeness (QED) is 0.579. The number of aromatic nitrogens is 3. The average molecular weight is 443 g/mol. The highest BCUT2D eigenvalue weighted by Gasteiger charge is 2.31. The summed E-state index contributed by atoms with van der Waals surface area (Å²) in [7, 11) is -1.93. The number of nitrogens with one attached hydrogen (secondary N) is 1. The van der Waals surface area contributed by atoms with E-state index in [1.165, 1.54) is 12.0 Å². The third-order valence-corrected chi connectivity index (χ3v) is 8.25.